The molecule has 0 aromatic heterocycles. The third-order valence-corrected chi connectivity index (χ3v) is 3.32. The van der Waals surface area contributed by atoms with Gasteiger partial charge in [-0.05, 0) is 50.1 Å². The normalized spacial score (nSPS) is 10.3. The Morgan fingerprint density at radius 2 is 1.75 bits per heavy atom. The van der Waals surface area contributed by atoms with Gasteiger partial charge in [0.1, 0.15) is 5.75 Å². The summed E-state index contributed by atoms with van der Waals surface area (Å²) in [6, 6.07) is 13.9. The number of carbonyl (C=O) groups is 1. The van der Waals surface area contributed by atoms with Crippen molar-refractivity contribution in [2.45, 2.75) is 26.7 Å². The Bertz CT molecular complexity index is 594. The molecule has 20 heavy (non-hydrogen) atoms. The van der Waals surface area contributed by atoms with Gasteiger partial charge in [0.15, 0.2) is 5.78 Å². The minimum Gasteiger partial charge on any atom is -0.497 e. The summed E-state index contributed by atoms with van der Waals surface area (Å²) >= 11 is 0. The third-order valence-electron chi connectivity index (χ3n) is 3.32. The van der Waals surface area contributed by atoms with Crippen LogP contribution in [0.25, 0.3) is 0 Å². The molecule has 0 unspecified atom stereocenters. The molecule has 2 heteroatoms. The van der Waals surface area contributed by atoms with Gasteiger partial charge < -0.3 is 4.74 Å². The van der Waals surface area contributed by atoms with Crippen LogP contribution in [0.1, 0.15) is 33.5 Å². The van der Waals surface area contributed by atoms with E-state index in [9.17, 15) is 4.79 Å². The van der Waals surface area contributed by atoms with Crippen LogP contribution in [0.5, 0.6) is 5.75 Å². The fourth-order valence-corrected chi connectivity index (χ4v) is 2.37. The average molecular weight is 268 g/mol. The largest absolute Gasteiger partial charge is 0.497 e. The maximum Gasteiger partial charge on any atom is 0.163 e. The van der Waals surface area contributed by atoms with Crippen LogP contribution in [0.4, 0.5) is 0 Å². The molecule has 0 saturated carbocycles. The summed E-state index contributed by atoms with van der Waals surface area (Å²) in [4.78, 5) is 12.2. The van der Waals surface area contributed by atoms with Crippen LogP contribution in [0.3, 0.4) is 0 Å². The molecule has 0 radical (unpaired) electrons. The van der Waals surface area contributed by atoms with E-state index in [1.165, 1.54) is 0 Å². The number of aryl methyl sites for hydroxylation is 3. The highest BCUT2D eigenvalue weighted by Crippen LogP contribution is 2.16. The predicted octanol–water partition coefficient (Wildman–Crippen LogP) is 4.13. The van der Waals surface area contributed by atoms with Crippen LogP contribution in [-0.4, -0.2) is 12.9 Å². The molecule has 0 amide bonds. The third kappa shape index (κ3) is 3.70. The van der Waals surface area contributed by atoms with Crippen LogP contribution < -0.4 is 4.74 Å². The van der Waals surface area contributed by atoms with Crippen LogP contribution >= 0.6 is 0 Å². The van der Waals surface area contributed by atoms with E-state index in [-0.39, 0.29) is 5.78 Å². The second-order valence-corrected chi connectivity index (χ2v) is 5.15. The van der Waals surface area contributed by atoms with Gasteiger partial charge in [0, 0.05) is 12.0 Å². The molecule has 0 atom stereocenters. The fourth-order valence-electron chi connectivity index (χ4n) is 2.37. The Kier molecular flexibility index (Phi) is 4.57. The molecule has 0 bridgehead atoms. The Hall–Kier alpha value is -2.09. The maximum atomic E-state index is 12.2. The van der Waals surface area contributed by atoms with Gasteiger partial charge in [-0.2, -0.15) is 0 Å². The van der Waals surface area contributed by atoms with Crippen molar-refractivity contribution in [3.63, 3.8) is 0 Å². The molecule has 104 valence electrons. The summed E-state index contributed by atoms with van der Waals surface area (Å²) < 4.78 is 5.19. The number of ether oxygens (including phenoxy) is 1. The quantitative estimate of drug-likeness (QED) is 0.762. The zero-order valence-corrected chi connectivity index (χ0v) is 12.3. The van der Waals surface area contributed by atoms with Gasteiger partial charge >= 0.3 is 0 Å². The van der Waals surface area contributed by atoms with Crippen LogP contribution in [0, 0.1) is 13.8 Å². The first kappa shape index (κ1) is 14.3. The predicted molar refractivity (Wildman–Crippen MR) is 81.6 cm³/mol. The minimum absolute atomic E-state index is 0.194. The number of hydrogen-bond donors (Lipinski definition) is 0. The second-order valence-electron chi connectivity index (χ2n) is 5.15. The molecule has 2 rings (SSSR count). The van der Waals surface area contributed by atoms with Crippen LogP contribution in [0.2, 0.25) is 0 Å². The molecule has 0 aliphatic heterocycles. The molecule has 2 aromatic rings. The first-order chi connectivity index (χ1) is 9.58. The average Bonchev–Trinajstić information content (AvgIpc) is 2.44. The maximum absolute atomic E-state index is 12.2. The molecule has 0 aliphatic rings. The van der Waals surface area contributed by atoms with Crippen molar-refractivity contribution in [2.24, 2.45) is 0 Å². The van der Waals surface area contributed by atoms with Crippen molar-refractivity contribution in [3.05, 3.63) is 64.7 Å². The van der Waals surface area contributed by atoms with E-state index in [2.05, 4.69) is 6.07 Å². The molecule has 0 spiro atoms. The lowest BCUT2D eigenvalue weighted by atomic mass is 9.99. The number of ketones is 1. The molecule has 0 saturated heterocycles. The molecule has 2 nitrogen and oxygen atoms in total. The van der Waals surface area contributed by atoms with Gasteiger partial charge in [-0.1, -0.05) is 29.3 Å². The van der Waals surface area contributed by atoms with Crippen molar-refractivity contribution in [1.82, 2.24) is 0 Å². The van der Waals surface area contributed by atoms with Crippen molar-refractivity contribution in [2.75, 3.05) is 7.11 Å². The van der Waals surface area contributed by atoms with Gasteiger partial charge in [0.05, 0.1) is 7.11 Å². The second kappa shape index (κ2) is 6.38. The molecule has 0 heterocycles. The summed E-state index contributed by atoms with van der Waals surface area (Å²) in [5.74, 6) is 1.03. The first-order valence-electron chi connectivity index (χ1n) is 6.83. The molecule has 0 aliphatic carbocycles. The summed E-state index contributed by atoms with van der Waals surface area (Å²) in [5.41, 5.74) is 4.21. The lowest BCUT2D eigenvalue weighted by molar-refractivity contribution is 0.0982. The monoisotopic (exact) mass is 268 g/mol. The highest BCUT2D eigenvalue weighted by atomic mass is 16.5. The van der Waals surface area contributed by atoms with E-state index in [1.807, 2.05) is 50.2 Å². The number of benzene rings is 2. The number of methoxy groups -OCH3 is 1. The summed E-state index contributed by atoms with van der Waals surface area (Å²) in [7, 11) is 1.65. The Balaban J connectivity index is 2.04. The van der Waals surface area contributed by atoms with Crippen molar-refractivity contribution < 1.29 is 9.53 Å². The van der Waals surface area contributed by atoms with Gasteiger partial charge in [-0.15, -0.1) is 0 Å². The van der Waals surface area contributed by atoms with Crippen molar-refractivity contribution in [3.8, 4) is 5.75 Å². The van der Waals surface area contributed by atoms with E-state index < -0.39 is 0 Å². The lowest BCUT2D eigenvalue weighted by Gasteiger charge is -2.06. The van der Waals surface area contributed by atoms with Gasteiger partial charge in [-0.3, -0.25) is 4.79 Å². The highest BCUT2D eigenvalue weighted by molar-refractivity contribution is 5.96. The van der Waals surface area contributed by atoms with Gasteiger partial charge in [-0.25, -0.2) is 0 Å². The molecular formula is C18H20O2. The first-order valence-corrected chi connectivity index (χ1v) is 6.83. The van der Waals surface area contributed by atoms with Crippen molar-refractivity contribution >= 4 is 5.78 Å². The molecule has 0 fully saturated rings. The van der Waals surface area contributed by atoms with E-state index in [1.54, 1.807) is 7.11 Å². The smallest absolute Gasteiger partial charge is 0.163 e. The van der Waals surface area contributed by atoms with E-state index in [0.29, 0.717) is 6.42 Å². The summed E-state index contributed by atoms with van der Waals surface area (Å²) in [6.45, 7) is 4.04. The van der Waals surface area contributed by atoms with Crippen LogP contribution in [0.15, 0.2) is 42.5 Å². The Labute approximate surface area is 120 Å². The Morgan fingerprint density at radius 3 is 2.40 bits per heavy atom. The lowest BCUT2D eigenvalue weighted by Crippen LogP contribution is -2.02. The van der Waals surface area contributed by atoms with E-state index in [4.69, 9.17) is 4.74 Å². The SMILES string of the molecule is COc1cccc(CCC(=O)c2cc(C)cc(C)c2)c1. The number of hydrogen-bond acceptors (Lipinski definition) is 2. The minimum atomic E-state index is 0.194. The van der Waals surface area contributed by atoms with Crippen molar-refractivity contribution in [1.29, 1.82) is 0 Å². The number of Topliss-reactive ketones (excluding diaryl/α,β-unsaturated/α-hetero) is 1. The topological polar surface area (TPSA) is 26.3 Å². The standard InChI is InChI=1S/C18H20O2/c1-13-9-14(2)11-16(10-13)18(19)8-7-15-5-4-6-17(12-15)20-3/h4-6,9-12H,7-8H2,1-3H3. The van der Waals surface area contributed by atoms with Crippen LogP contribution in [-0.2, 0) is 6.42 Å². The van der Waals surface area contributed by atoms with E-state index in [0.717, 1.165) is 34.4 Å². The number of carbonyl (C=O) groups excluding carboxylic acids is 1. The van der Waals surface area contributed by atoms with Gasteiger partial charge in [0.25, 0.3) is 0 Å². The molecular weight excluding hydrogens is 248 g/mol. The molecule has 2 aromatic carbocycles. The summed E-state index contributed by atoms with van der Waals surface area (Å²) in [6.07, 6.45) is 1.26. The molecule has 0 N–H and O–H groups in total. The van der Waals surface area contributed by atoms with E-state index >= 15 is 0 Å². The zero-order chi connectivity index (χ0) is 14.5. The summed E-state index contributed by atoms with van der Waals surface area (Å²) in [5, 5.41) is 0. The zero-order valence-electron chi connectivity index (χ0n) is 12.3. The van der Waals surface area contributed by atoms with Gasteiger partial charge in [0.2, 0.25) is 0 Å². The highest BCUT2D eigenvalue weighted by Gasteiger charge is 2.07. The fraction of sp³-hybridized carbons (Fsp3) is 0.278. The Morgan fingerprint density at radius 1 is 1.05 bits per heavy atom. The number of rotatable bonds is 5.